The molecule has 140 valence electrons. The topological polar surface area (TPSA) is 68.0 Å². The van der Waals surface area contributed by atoms with Gasteiger partial charge in [-0.15, -0.1) is 0 Å². The van der Waals surface area contributed by atoms with Crippen molar-refractivity contribution in [3.05, 3.63) is 59.8 Å². The van der Waals surface area contributed by atoms with Gasteiger partial charge in [0.25, 0.3) is 0 Å². The number of nitrogens with one attached hydrogen (secondary N) is 1. The number of nitrogens with zero attached hydrogens (tertiary/aromatic N) is 1. The fraction of sp³-hybridized carbons (Fsp3) is 0.478. The van der Waals surface area contributed by atoms with Gasteiger partial charge < -0.3 is 11.1 Å². The molecule has 2 aromatic rings. The predicted octanol–water partition coefficient (Wildman–Crippen LogP) is 4.13. The van der Waals surface area contributed by atoms with Crippen molar-refractivity contribution in [2.45, 2.75) is 43.9 Å². The molecule has 4 heteroatoms. The number of primary amides is 1. The number of hydrogen-bond acceptors (Lipinski definition) is 3. The molecule has 1 aromatic carbocycles. The first-order valence-corrected chi connectivity index (χ1v) is 10.1. The van der Waals surface area contributed by atoms with Crippen molar-refractivity contribution < 1.29 is 4.79 Å². The second kappa shape index (κ2) is 6.08. The molecule has 0 saturated heterocycles. The number of carbonyl (C=O) groups excluding carboxylic acids is 1. The summed E-state index contributed by atoms with van der Waals surface area (Å²) in [4.78, 5) is 15.6. The molecular formula is C23H27N3O. The van der Waals surface area contributed by atoms with Crippen LogP contribution in [0.3, 0.4) is 0 Å². The van der Waals surface area contributed by atoms with Crippen molar-refractivity contribution >= 4 is 11.7 Å². The Morgan fingerprint density at radius 2 is 1.81 bits per heavy atom. The van der Waals surface area contributed by atoms with Gasteiger partial charge in [-0.25, -0.2) is 4.98 Å². The molecule has 27 heavy (non-hydrogen) atoms. The van der Waals surface area contributed by atoms with E-state index in [-0.39, 0.29) is 0 Å². The molecule has 6 rings (SSSR count). The number of carbonyl (C=O) groups is 1. The first-order valence-electron chi connectivity index (χ1n) is 10.1. The van der Waals surface area contributed by atoms with Gasteiger partial charge in [0, 0.05) is 12.7 Å². The summed E-state index contributed by atoms with van der Waals surface area (Å²) in [5.41, 5.74) is 8.05. The molecule has 2 unspecified atom stereocenters. The van der Waals surface area contributed by atoms with Crippen LogP contribution in [0.4, 0.5) is 5.82 Å². The Hall–Kier alpha value is -2.36. The molecule has 1 aromatic heterocycles. The maximum absolute atomic E-state index is 11.2. The van der Waals surface area contributed by atoms with Gasteiger partial charge in [-0.3, -0.25) is 4.79 Å². The Morgan fingerprint density at radius 3 is 2.44 bits per heavy atom. The summed E-state index contributed by atoms with van der Waals surface area (Å²) >= 11 is 0. The second-order valence-corrected chi connectivity index (χ2v) is 9.26. The minimum Gasteiger partial charge on any atom is -0.370 e. The molecule has 4 bridgehead atoms. The van der Waals surface area contributed by atoms with Crippen LogP contribution in [0.25, 0.3) is 0 Å². The number of amides is 1. The van der Waals surface area contributed by atoms with Crippen LogP contribution in [0, 0.1) is 17.3 Å². The van der Waals surface area contributed by atoms with Crippen LogP contribution < -0.4 is 11.1 Å². The summed E-state index contributed by atoms with van der Waals surface area (Å²) < 4.78 is 0. The highest BCUT2D eigenvalue weighted by Gasteiger charge is 2.57. The predicted molar refractivity (Wildman–Crippen MR) is 106 cm³/mol. The van der Waals surface area contributed by atoms with Crippen LogP contribution in [0.1, 0.15) is 54.4 Å². The molecule has 4 aliphatic carbocycles. The van der Waals surface area contributed by atoms with Crippen molar-refractivity contribution in [1.29, 1.82) is 0 Å². The molecule has 4 aliphatic rings. The Kier molecular flexibility index (Phi) is 3.78. The summed E-state index contributed by atoms with van der Waals surface area (Å²) in [6, 6.07) is 14.8. The van der Waals surface area contributed by atoms with E-state index in [1.54, 1.807) is 17.8 Å². The zero-order valence-electron chi connectivity index (χ0n) is 15.7. The van der Waals surface area contributed by atoms with E-state index in [1.165, 1.54) is 38.5 Å². The van der Waals surface area contributed by atoms with Crippen LogP contribution in [0.15, 0.2) is 48.7 Å². The highest BCUT2D eigenvalue weighted by Crippen LogP contribution is 2.65. The van der Waals surface area contributed by atoms with Crippen LogP contribution in [-0.4, -0.2) is 17.4 Å². The van der Waals surface area contributed by atoms with Gasteiger partial charge in [-0.05, 0) is 78.9 Å². The van der Waals surface area contributed by atoms with Crippen LogP contribution in [0.2, 0.25) is 0 Å². The molecular weight excluding hydrogens is 334 g/mol. The summed E-state index contributed by atoms with van der Waals surface area (Å²) in [7, 11) is 0. The Labute approximate surface area is 160 Å². The highest BCUT2D eigenvalue weighted by molar-refractivity contribution is 5.92. The van der Waals surface area contributed by atoms with Gasteiger partial charge in [-0.1, -0.05) is 30.3 Å². The van der Waals surface area contributed by atoms with E-state index in [2.05, 4.69) is 40.6 Å². The third-order valence-corrected chi connectivity index (χ3v) is 7.26. The van der Waals surface area contributed by atoms with Crippen LogP contribution in [0.5, 0.6) is 0 Å². The van der Waals surface area contributed by atoms with E-state index in [1.807, 2.05) is 6.07 Å². The van der Waals surface area contributed by atoms with E-state index in [9.17, 15) is 4.79 Å². The quantitative estimate of drug-likeness (QED) is 0.841. The molecule has 4 fully saturated rings. The molecule has 2 atom stereocenters. The molecule has 1 heterocycles. The number of hydrogen-bond donors (Lipinski definition) is 2. The zero-order chi connectivity index (χ0) is 18.5. The number of rotatable bonds is 5. The van der Waals surface area contributed by atoms with Crippen molar-refractivity contribution in [1.82, 2.24) is 4.98 Å². The van der Waals surface area contributed by atoms with Gasteiger partial charge in [0.2, 0.25) is 5.91 Å². The van der Waals surface area contributed by atoms with Gasteiger partial charge in [0.1, 0.15) is 5.82 Å². The van der Waals surface area contributed by atoms with E-state index in [0.717, 1.165) is 24.2 Å². The zero-order valence-corrected chi connectivity index (χ0v) is 15.7. The van der Waals surface area contributed by atoms with Crippen molar-refractivity contribution in [2.75, 3.05) is 11.9 Å². The van der Waals surface area contributed by atoms with Gasteiger partial charge in [0.15, 0.2) is 0 Å². The fourth-order valence-corrected chi connectivity index (χ4v) is 6.71. The van der Waals surface area contributed by atoms with Crippen LogP contribution >= 0.6 is 0 Å². The van der Waals surface area contributed by atoms with E-state index in [4.69, 9.17) is 5.73 Å². The lowest BCUT2D eigenvalue weighted by atomic mass is 9.43. The molecule has 0 aliphatic heterocycles. The lowest BCUT2D eigenvalue weighted by Crippen LogP contribution is -2.56. The lowest BCUT2D eigenvalue weighted by molar-refractivity contribution is -0.0645. The number of pyridine rings is 1. The third kappa shape index (κ3) is 2.91. The third-order valence-electron chi connectivity index (χ3n) is 7.26. The van der Waals surface area contributed by atoms with Crippen LogP contribution in [-0.2, 0) is 5.41 Å². The van der Waals surface area contributed by atoms with E-state index in [0.29, 0.717) is 16.4 Å². The van der Waals surface area contributed by atoms with Crippen molar-refractivity contribution in [3.8, 4) is 0 Å². The fourth-order valence-electron chi connectivity index (χ4n) is 6.71. The maximum atomic E-state index is 11.2. The Balaban J connectivity index is 1.37. The van der Waals surface area contributed by atoms with Crippen molar-refractivity contribution in [3.63, 3.8) is 0 Å². The second-order valence-electron chi connectivity index (χ2n) is 9.26. The van der Waals surface area contributed by atoms with Gasteiger partial charge in [-0.2, -0.15) is 0 Å². The Morgan fingerprint density at radius 1 is 1.07 bits per heavy atom. The molecule has 1 amide bonds. The summed E-state index contributed by atoms with van der Waals surface area (Å²) in [6.45, 7) is 0.970. The first-order chi connectivity index (χ1) is 13.1. The lowest BCUT2D eigenvalue weighted by Gasteiger charge is -2.62. The number of aromatic nitrogens is 1. The monoisotopic (exact) mass is 361 g/mol. The molecule has 3 N–H and O–H groups in total. The van der Waals surface area contributed by atoms with Gasteiger partial charge in [0.05, 0.1) is 5.56 Å². The minimum absolute atomic E-state index is 0.365. The van der Waals surface area contributed by atoms with E-state index < -0.39 is 5.91 Å². The minimum atomic E-state index is -0.431. The maximum Gasteiger partial charge on any atom is 0.250 e. The first kappa shape index (κ1) is 16.8. The van der Waals surface area contributed by atoms with E-state index >= 15 is 0 Å². The van der Waals surface area contributed by atoms with Crippen molar-refractivity contribution in [2.24, 2.45) is 23.0 Å². The Bertz CT molecular complexity index is 832. The highest BCUT2D eigenvalue weighted by atomic mass is 16.1. The standard InChI is InChI=1S/C23H27N3O/c24-21(27)18-6-7-20(25-13-18)26-15-22-9-16-8-17(10-22)12-23(11-16,14-22)19-4-2-1-3-5-19/h1-7,13,16-17H,8-12,14-15H2,(H2,24,27)(H,25,26). The average Bonchev–Trinajstić information content (AvgIpc) is 2.66. The normalized spacial score (nSPS) is 33.8. The number of nitrogens with two attached hydrogens (primary N) is 1. The SMILES string of the molecule is NC(=O)c1ccc(NCC23CC4CC(C2)CC(c2ccccc2)(C4)C3)nc1. The molecule has 0 radical (unpaired) electrons. The smallest absolute Gasteiger partial charge is 0.250 e. The summed E-state index contributed by atoms with van der Waals surface area (Å²) in [5, 5.41) is 3.57. The summed E-state index contributed by atoms with van der Waals surface area (Å²) in [6.07, 6.45) is 9.66. The van der Waals surface area contributed by atoms with Gasteiger partial charge >= 0.3 is 0 Å². The number of anilines is 1. The largest absolute Gasteiger partial charge is 0.370 e. The summed E-state index contributed by atoms with van der Waals surface area (Å²) in [5.74, 6) is 2.13. The average molecular weight is 361 g/mol. The number of benzene rings is 1. The molecule has 0 spiro atoms. The molecule has 4 saturated carbocycles. The molecule has 4 nitrogen and oxygen atoms in total.